The van der Waals surface area contributed by atoms with Gasteiger partial charge in [0.2, 0.25) is 5.91 Å². The maximum atomic E-state index is 13.2. The standard InChI is InChI=1S/C33H31N5O5S2/c1-5-17-38-29(23-18-25(21-13-9-8-10-14-21)34-24-16-12-11-15-22(23)24)36-37-33(38)44-19-26(39)35-30-27(31(40)42-6-2)20(4)28(45-30)32(41)43-7-3/h5,8-16,18H,1,6-7,17,19H2,2-4H3,(H,35,39). The molecular formula is C33H31N5O5S2. The average Bonchev–Trinajstić information content (AvgIpc) is 3.60. The van der Waals surface area contributed by atoms with E-state index in [9.17, 15) is 14.4 Å². The van der Waals surface area contributed by atoms with Gasteiger partial charge in [0, 0.05) is 23.1 Å². The average molecular weight is 642 g/mol. The number of para-hydroxylation sites is 1. The van der Waals surface area contributed by atoms with E-state index >= 15 is 0 Å². The molecule has 0 unspecified atom stereocenters. The highest BCUT2D eigenvalue weighted by atomic mass is 32.2. The van der Waals surface area contributed by atoms with E-state index in [4.69, 9.17) is 14.5 Å². The van der Waals surface area contributed by atoms with Crippen molar-refractivity contribution in [1.29, 1.82) is 0 Å². The number of hydrogen-bond donors (Lipinski definition) is 1. The summed E-state index contributed by atoms with van der Waals surface area (Å²) in [5.74, 6) is -0.997. The number of anilines is 1. The molecule has 1 amide bonds. The fourth-order valence-electron chi connectivity index (χ4n) is 4.74. The molecule has 3 aromatic heterocycles. The van der Waals surface area contributed by atoms with Gasteiger partial charge in [-0.1, -0.05) is 66.4 Å². The highest BCUT2D eigenvalue weighted by Gasteiger charge is 2.27. The van der Waals surface area contributed by atoms with Crippen LogP contribution in [0.2, 0.25) is 0 Å². The molecule has 0 saturated heterocycles. The number of allylic oxidation sites excluding steroid dienone is 1. The number of carbonyl (C=O) groups is 3. The predicted molar refractivity (Wildman–Crippen MR) is 177 cm³/mol. The minimum atomic E-state index is -0.625. The number of thiophene rings is 1. The van der Waals surface area contributed by atoms with Gasteiger partial charge >= 0.3 is 11.9 Å². The monoisotopic (exact) mass is 641 g/mol. The highest BCUT2D eigenvalue weighted by Crippen LogP contribution is 2.36. The van der Waals surface area contributed by atoms with Gasteiger partial charge < -0.3 is 14.8 Å². The van der Waals surface area contributed by atoms with Crippen molar-refractivity contribution >= 4 is 56.8 Å². The van der Waals surface area contributed by atoms with Gasteiger partial charge in [-0.05, 0) is 38.5 Å². The molecule has 0 aliphatic rings. The van der Waals surface area contributed by atoms with Crippen molar-refractivity contribution in [2.75, 3.05) is 24.3 Å². The minimum absolute atomic E-state index is 0.0322. The first-order valence-corrected chi connectivity index (χ1v) is 16.1. The number of pyridine rings is 1. The van der Waals surface area contributed by atoms with Crippen LogP contribution in [0.4, 0.5) is 5.00 Å². The summed E-state index contributed by atoms with van der Waals surface area (Å²) in [5.41, 5.74) is 3.99. The maximum Gasteiger partial charge on any atom is 0.348 e. The summed E-state index contributed by atoms with van der Waals surface area (Å²) in [4.78, 5) is 43.5. The number of nitrogens with zero attached hydrogens (tertiary/aromatic N) is 4. The van der Waals surface area contributed by atoms with Crippen LogP contribution in [0.1, 0.15) is 39.4 Å². The van der Waals surface area contributed by atoms with Crippen molar-refractivity contribution in [2.24, 2.45) is 0 Å². The van der Waals surface area contributed by atoms with Gasteiger partial charge in [0.05, 0.1) is 35.7 Å². The molecule has 0 saturated carbocycles. The molecule has 12 heteroatoms. The zero-order valence-corrected chi connectivity index (χ0v) is 26.7. The van der Waals surface area contributed by atoms with E-state index in [0.717, 1.165) is 39.1 Å². The molecule has 0 aliphatic heterocycles. The lowest BCUT2D eigenvalue weighted by atomic mass is 10.0. The molecule has 230 valence electrons. The Kier molecular flexibility index (Phi) is 10.1. The van der Waals surface area contributed by atoms with Crippen molar-refractivity contribution < 1.29 is 23.9 Å². The normalized spacial score (nSPS) is 10.9. The Morgan fingerprint density at radius 1 is 1.00 bits per heavy atom. The van der Waals surface area contributed by atoms with Crippen LogP contribution in [0.3, 0.4) is 0 Å². The summed E-state index contributed by atoms with van der Waals surface area (Å²) in [5, 5.41) is 13.4. The van der Waals surface area contributed by atoms with Gasteiger partial charge in [-0.2, -0.15) is 0 Å². The number of hydrogen-bond acceptors (Lipinski definition) is 10. The Balaban J connectivity index is 1.43. The number of esters is 2. The Morgan fingerprint density at radius 2 is 1.71 bits per heavy atom. The van der Waals surface area contributed by atoms with Crippen LogP contribution in [0.15, 0.2) is 78.5 Å². The molecule has 0 fully saturated rings. The largest absolute Gasteiger partial charge is 0.462 e. The van der Waals surface area contributed by atoms with Crippen LogP contribution in [0.5, 0.6) is 0 Å². The summed E-state index contributed by atoms with van der Waals surface area (Å²) >= 11 is 2.18. The molecule has 5 rings (SSSR count). The number of rotatable bonds is 12. The number of amides is 1. The molecule has 0 aliphatic carbocycles. The van der Waals surface area contributed by atoms with Gasteiger partial charge in [-0.25, -0.2) is 14.6 Å². The number of thioether (sulfide) groups is 1. The van der Waals surface area contributed by atoms with Crippen molar-refractivity contribution in [3.63, 3.8) is 0 Å². The summed E-state index contributed by atoms with van der Waals surface area (Å²) in [6.45, 7) is 9.66. The molecule has 0 spiro atoms. The van der Waals surface area contributed by atoms with E-state index in [1.54, 1.807) is 26.8 Å². The number of nitrogens with one attached hydrogen (secondary N) is 1. The lowest BCUT2D eigenvalue weighted by Gasteiger charge is -2.12. The van der Waals surface area contributed by atoms with Crippen LogP contribution in [0.25, 0.3) is 33.5 Å². The molecule has 0 bridgehead atoms. The molecule has 2 aromatic carbocycles. The lowest BCUT2D eigenvalue weighted by molar-refractivity contribution is -0.113. The second-order valence-corrected chi connectivity index (χ2v) is 11.6. The van der Waals surface area contributed by atoms with Crippen molar-refractivity contribution in [1.82, 2.24) is 19.7 Å². The zero-order chi connectivity index (χ0) is 31.9. The topological polar surface area (TPSA) is 125 Å². The van der Waals surface area contributed by atoms with Crippen molar-refractivity contribution in [2.45, 2.75) is 32.5 Å². The van der Waals surface area contributed by atoms with E-state index in [1.165, 1.54) is 11.8 Å². The number of carbonyl (C=O) groups excluding carboxylic acids is 3. The first-order valence-electron chi connectivity index (χ1n) is 14.3. The summed E-state index contributed by atoms with van der Waals surface area (Å²) in [6.07, 6.45) is 1.75. The molecule has 45 heavy (non-hydrogen) atoms. The minimum Gasteiger partial charge on any atom is -0.462 e. The van der Waals surface area contributed by atoms with E-state index in [-0.39, 0.29) is 34.4 Å². The maximum absolute atomic E-state index is 13.2. The third-order valence-corrected chi connectivity index (χ3v) is 8.88. The quantitative estimate of drug-likeness (QED) is 0.0889. The van der Waals surface area contributed by atoms with Crippen LogP contribution in [0, 0.1) is 6.92 Å². The van der Waals surface area contributed by atoms with Crippen LogP contribution < -0.4 is 5.32 Å². The fourth-order valence-corrected chi connectivity index (χ4v) is 6.59. The van der Waals surface area contributed by atoms with Crippen molar-refractivity contribution in [3.05, 3.63) is 89.3 Å². The number of benzene rings is 2. The van der Waals surface area contributed by atoms with Gasteiger partial charge in [0.1, 0.15) is 9.88 Å². The smallest absolute Gasteiger partial charge is 0.348 e. The molecule has 10 nitrogen and oxygen atoms in total. The van der Waals surface area contributed by atoms with Crippen molar-refractivity contribution in [3.8, 4) is 22.6 Å². The molecule has 3 heterocycles. The van der Waals surface area contributed by atoms with Gasteiger partial charge in [0.15, 0.2) is 11.0 Å². The van der Waals surface area contributed by atoms with Gasteiger partial charge in [0.25, 0.3) is 0 Å². The zero-order valence-electron chi connectivity index (χ0n) is 25.0. The Hall–Kier alpha value is -4.81. The van der Waals surface area contributed by atoms with Crippen LogP contribution in [-0.2, 0) is 20.8 Å². The molecule has 1 N–H and O–H groups in total. The summed E-state index contributed by atoms with van der Waals surface area (Å²) < 4.78 is 12.2. The Morgan fingerprint density at radius 3 is 2.44 bits per heavy atom. The second-order valence-electron chi connectivity index (χ2n) is 9.68. The number of aromatic nitrogens is 4. The van der Waals surface area contributed by atoms with E-state index in [2.05, 4.69) is 22.1 Å². The molecule has 0 radical (unpaired) electrons. The number of ether oxygens (including phenoxy) is 2. The van der Waals surface area contributed by atoms with Gasteiger partial charge in [-0.3, -0.25) is 9.36 Å². The number of fused-ring (bicyclic) bond motifs is 1. The van der Waals surface area contributed by atoms with Crippen LogP contribution in [-0.4, -0.2) is 56.6 Å². The summed E-state index contributed by atoms with van der Waals surface area (Å²) in [7, 11) is 0. The molecule has 0 atom stereocenters. The Bertz CT molecular complexity index is 1880. The van der Waals surface area contributed by atoms with Crippen LogP contribution >= 0.6 is 23.1 Å². The first kappa shape index (κ1) is 31.6. The predicted octanol–water partition coefficient (Wildman–Crippen LogP) is 6.80. The third-order valence-electron chi connectivity index (χ3n) is 6.73. The van der Waals surface area contributed by atoms with E-state index in [1.807, 2.05) is 65.2 Å². The third kappa shape index (κ3) is 6.81. The first-order chi connectivity index (χ1) is 21.9. The van der Waals surface area contributed by atoms with E-state index < -0.39 is 17.8 Å². The van der Waals surface area contributed by atoms with E-state index in [0.29, 0.717) is 23.1 Å². The fraction of sp³-hybridized carbons (Fsp3) is 0.212. The molecule has 5 aromatic rings. The van der Waals surface area contributed by atoms with Gasteiger partial charge in [-0.15, -0.1) is 28.1 Å². The second kappa shape index (κ2) is 14.3. The summed E-state index contributed by atoms with van der Waals surface area (Å²) in [6, 6.07) is 19.8. The SMILES string of the molecule is C=CCn1c(SCC(=O)Nc2sc(C(=O)OCC)c(C)c2C(=O)OCC)nnc1-c1cc(-c2ccccc2)nc2ccccc12. The Labute approximate surface area is 268 Å². The highest BCUT2D eigenvalue weighted by molar-refractivity contribution is 7.99. The molecular weight excluding hydrogens is 611 g/mol. The lowest BCUT2D eigenvalue weighted by Crippen LogP contribution is -2.17.